The molecule has 29 heavy (non-hydrogen) atoms. The zero-order valence-corrected chi connectivity index (χ0v) is 17.8. The fourth-order valence-corrected chi connectivity index (χ4v) is 3.22. The van der Waals surface area contributed by atoms with Gasteiger partial charge in [0.25, 0.3) is 5.91 Å². The molecule has 0 unspecified atom stereocenters. The van der Waals surface area contributed by atoms with Gasteiger partial charge in [0.05, 0.1) is 0 Å². The Morgan fingerprint density at radius 1 is 0.931 bits per heavy atom. The molecule has 2 amide bonds. The molecule has 3 aromatic carbocycles. The molecule has 3 aromatic rings. The van der Waals surface area contributed by atoms with E-state index in [0.29, 0.717) is 18.7 Å². The van der Waals surface area contributed by atoms with Crippen molar-refractivity contribution < 1.29 is 14.3 Å². The first kappa shape index (κ1) is 20.9. The summed E-state index contributed by atoms with van der Waals surface area (Å²) in [7, 11) is 0. The van der Waals surface area contributed by atoms with Gasteiger partial charge in [0, 0.05) is 23.1 Å². The molecule has 0 fully saturated rings. The Labute approximate surface area is 178 Å². The van der Waals surface area contributed by atoms with Crippen LogP contribution in [0.15, 0.2) is 65.1 Å². The van der Waals surface area contributed by atoms with E-state index in [4.69, 9.17) is 4.74 Å². The lowest BCUT2D eigenvalue weighted by Gasteiger charge is -2.09. The molecule has 0 radical (unpaired) electrons. The van der Waals surface area contributed by atoms with E-state index in [2.05, 4.69) is 26.6 Å². The van der Waals surface area contributed by atoms with Crippen LogP contribution < -0.4 is 15.4 Å². The molecular weight excluding hydrogens is 432 g/mol. The van der Waals surface area contributed by atoms with Crippen LogP contribution in [0.3, 0.4) is 0 Å². The van der Waals surface area contributed by atoms with Crippen molar-refractivity contribution in [3.05, 3.63) is 70.7 Å². The SMILES string of the molecule is CCCC(=O)Nc1ccc(CNC(=O)COc2ccc3cc(Br)ccc3c2)cc1. The van der Waals surface area contributed by atoms with Crippen LogP contribution in [0.25, 0.3) is 10.8 Å². The summed E-state index contributed by atoms with van der Waals surface area (Å²) in [4.78, 5) is 23.7. The lowest BCUT2D eigenvalue weighted by atomic mass is 10.1. The van der Waals surface area contributed by atoms with E-state index < -0.39 is 0 Å². The van der Waals surface area contributed by atoms with E-state index in [9.17, 15) is 9.59 Å². The minimum absolute atomic E-state index is 0.00651. The van der Waals surface area contributed by atoms with Crippen molar-refractivity contribution in [3.63, 3.8) is 0 Å². The molecule has 0 aliphatic rings. The molecule has 0 aliphatic heterocycles. The van der Waals surface area contributed by atoms with E-state index in [1.807, 2.05) is 67.6 Å². The molecule has 2 N–H and O–H groups in total. The van der Waals surface area contributed by atoms with Crippen molar-refractivity contribution in [2.24, 2.45) is 0 Å². The van der Waals surface area contributed by atoms with Crippen LogP contribution in [0.4, 0.5) is 5.69 Å². The van der Waals surface area contributed by atoms with E-state index in [1.165, 1.54) is 0 Å². The zero-order chi connectivity index (χ0) is 20.6. The van der Waals surface area contributed by atoms with Gasteiger partial charge < -0.3 is 15.4 Å². The number of carbonyl (C=O) groups is 2. The minimum Gasteiger partial charge on any atom is -0.484 e. The third-order valence-corrected chi connectivity index (χ3v) is 4.84. The summed E-state index contributed by atoms with van der Waals surface area (Å²) in [5.41, 5.74) is 1.70. The van der Waals surface area contributed by atoms with Gasteiger partial charge in [0.15, 0.2) is 6.61 Å². The van der Waals surface area contributed by atoms with Crippen molar-refractivity contribution in [2.75, 3.05) is 11.9 Å². The number of halogens is 1. The summed E-state index contributed by atoms with van der Waals surface area (Å²) in [6.45, 7) is 2.32. The Balaban J connectivity index is 1.46. The number of anilines is 1. The Morgan fingerprint density at radius 3 is 2.41 bits per heavy atom. The Hall–Kier alpha value is -2.86. The lowest BCUT2D eigenvalue weighted by molar-refractivity contribution is -0.123. The molecule has 0 aliphatic carbocycles. The third kappa shape index (κ3) is 6.32. The van der Waals surface area contributed by atoms with Gasteiger partial charge in [-0.15, -0.1) is 0 Å². The van der Waals surface area contributed by atoms with Crippen LogP contribution in [0, 0.1) is 0 Å². The predicted octanol–water partition coefficient (Wildman–Crippen LogP) is 5.04. The normalized spacial score (nSPS) is 10.6. The standard InChI is InChI=1S/C23H23BrN2O3/c1-2-3-22(27)26-20-9-4-16(5-10-20)14-25-23(28)15-29-21-11-7-17-12-19(24)8-6-18(17)13-21/h4-13H,2-3,14-15H2,1H3,(H,25,28)(H,26,27). The molecular formula is C23H23BrN2O3. The molecule has 0 atom stereocenters. The van der Waals surface area contributed by atoms with E-state index >= 15 is 0 Å². The molecule has 5 nitrogen and oxygen atoms in total. The number of benzene rings is 3. The van der Waals surface area contributed by atoms with Crippen molar-refractivity contribution >= 4 is 44.2 Å². The molecule has 0 spiro atoms. The average molecular weight is 455 g/mol. The summed E-state index contributed by atoms with van der Waals surface area (Å²) < 4.78 is 6.63. The van der Waals surface area contributed by atoms with Crippen LogP contribution in [0.1, 0.15) is 25.3 Å². The number of hydrogen-bond donors (Lipinski definition) is 2. The molecule has 0 aromatic heterocycles. The molecule has 6 heteroatoms. The second-order valence-corrected chi connectivity index (χ2v) is 7.63. The number of amides is 2. The number of ether oxygens (including phenoxy) is 1. The maximum Gasteiger partial charge on any atom is 0.258 e. The summed E-state index contributed by atoms with van der Waals surface area (Å²) >= 11 is 3.46. The largest absolute Gasteiger partial charge is 0.484 e. The quantitative estimate of drug-likeness (QED) is 0.501. The van der Waals surface area contributed by atoms with Crippen molar-refractivity contribution in [2.45, 2.75) is 26.3 Å². The van der Waals surface area contributed by atoms with Crippen LogP contribution in [-0.4, -0.2) is 18.4 Å². The van der Waals surface area contributed by atoms with Gasteiger partial charge in [-0.3, -0.25) is 9.59 Å². The summed E-state index contributed by atoms with van der Waals surface area (Å²) in [5.74, 6) is 0.468. The van der Waals surface area contributed by atoms with Gasteiger partial charge in [0.2, 0.25) is 5.91 Å². The van der Waals surface area contributed by atoms with Gasteiger partial charge in [-0.25, -0.2) is 0 Å². The lowest BCUT2D eigenvalue weighted by Crippen LogP contribution is -2.28. The molecule has 3 rings (SSSR count). The number of carbonyl (C=O) groups excluding carboxylic acids is 2. The predicted molar refractivity (Wildman–Crippen MR) is 119 cm³/mol. The first-order valence-electron chi connectivity index (χ1n) is 9.51. The van der Waals surface area contributed by atoms with Gasteiger partial charge in [-0.2, -0.15) is 0 Å². The van der Waals surface area contributed by atoms with Crippen LogP contribution >= 0.6 is 15.9 Å². The fraction of sp³-hybridized carbons (Fsp3) is 0.217. The van der Waals surface area contributed by atoms with E-state index in [1.54, 1.807) is 0 Å². The number of hydrogen-bond acceptors (Lipinski definition) is 3. The van der Waals surface area contributed by atoms with E-state index in [-0.39, 0.29) is 18.4 Å². The van der Waals surface area contributed by atoms with Crippen molar-refractivity contribution in [3.8, 4) is 5.75 Å². The average Bonchev–Trinajstić information content (AvgIpc) is 2.72. The monoisotopic (exact) mass is 454 g/mol. The Bertz CT molecular complexity index is 1000. The number of rotatable bonds is 8. The summed E-state index contributed by atoms with van der Waals surface area (Å²) in [5, 5.41) is 7.83. The first-order chi connectivity index (χ1) is 14.0. The maximum absolute atomic E-state index is 12.1. The Morgan fingerprint density at radius 2 is 1.66 bits per heavy atom. The highest BCUT2D eigenvalue weighted by molar-refractivity contribution is 9.10. The van der Waals surface area contributed by atoms with Crippen molar-refractivity contribution in [1.82, 2.24) is 5.32 Å². The highest BCUT2D eigenvalue weighted by atomic mass is 79.9. The van der Waals surface area contributed by atoms with Gasteiger partial charge >= 0.3 is 0 Å². The molecule has 0 saturated heterocycles. The number of fused-ring (bicyclic) bond motifs is 1. The Kier molecular flexibility index (Phi) is 7.25. The highest BCUT2D eigenvalue weighted by Crippen LogP contribution is 2.24. The van der Waals surface area contributed by atoms with Crippen LogP contribution in [0.5, 0.6) is 5.75 Å². The molecule has 0 saturated carbocycles. The van der Waals surface area contributed by atoms with E-state index in [0.717, 1.165) is 32.9 Å². The highest BCUT2D eigenvalue weighted by Gasteiger charge is 2.05. The fourth-order valence-electron chi connectivity index (χ4n) is 2.84. The summed E-state index contributed by atoms with van der Waals surface area (Å²) in [6.07, 6.45) is 1.32. The van der Waals surface area contributed by atoms with Gasteiger partial charge in [-0.1, -0.05) is 47.1 Å². The second-order valence-electron chi connectivity index (χ2n) is 6.71. The van der Waals surface area contributed by atoms with Crippen LogP contribution in [-0.2, 0) is 16.1 Å². The third-order valence-electron chi connectivity index (χ3n) is 4.35. The summed E-state index contributed by atoms with van der Waals surface area (Å²) in [6, 6.07) is 19.2. The molecule has 0 bridgehead atoms. The molecule has 150 valence electrons. The minimum atomic E-state index is -0.193. The maximum atomic E-state index is 12.1. The van der Waals surface area contributed by atoms with Gasteiger partial charge in [-0.05, 0) is 59.2 Å². The van der Waals surface area contributed by atoms with Gasteiger partial charge in [0.1, 0.15) is 5.75 Å². The second kappa shape index (κ2) is 10.1. The van der Waals surface area contributed by atoms with Crippen LogP contribution in [0.2, 0.25) is 0 Å². The topological polar surface area (TPSA) is 67.4 Å². The zero-order valence-electron chi connectivity index (χ0n) is 16.2. The first-order valence-corrected chi connectivity index (χ1v) is 10.3. The number of nitrogens with one attached hydrogen (secondary N) is 2. The smallest absolute Gasteiger partial charge is 0.258 e. The molecule has 0 heterocycles. The van der Waals surface area contributed by atoms with Crippen molar-refractivity contribution in [1.29, 1.82) is 0 Å².